The number of methoxy groups -OCH3 is 1. The molecule has 1 rings (SSSR count). The van der Waals surface area contributed by atoms with Crippen LogP contribution >= 0.6 is 0 Å². The number of aromatic nitrogens is 2. The summed E-state index contributed by atoms with van der Waals surface area (Å²) in [6, 6.07) is 2.37. The number of likely N-dealkylation sites (N-methyl/N-ethyl adjacent to an activating group) is 1. The number of ether oxygens (including phenoxy) is 1. The van der Waals surface area contributed by atoms with E-state index in [1.165, 1.54) is 0 Å². The number of hydrogen-bond donors (Lipinski definition) is 1. The van der Waals surface area contributed by atoms with E-state index in [0.29, 0.717) is 17.8 Å². The first kappa shape index (κ1) is 13.9. The predicted molar refractivity (Wildman–Crippen MR) is 69.5 cm³/mol. The molecular formula is C13H23N3O. The average molecular weight is 237 g/mol. The second-order valence-electron chi connectivity index (χ2n) is 4.24. The summed E-state index contributed by atoms with van der Waals surface area (Å²) in [4.78, 5) is 8.71. The SMILES string of the molecule is CCNC(CC)C(C)c1cc(OC)nc(C)n1. The maximum atomic E-state index is 5.19. The van der Waals surface area contributed by atoms with Crippen molar-refractivity contribution in [3.05, 3.63) is 17.6 Å². The largest absolute Gasteiger partial charge is 0.481 e. The van der Waals surface area contributed by atoms with Gasteiger partial charge in [0.1, 0.15) is 5.82 Å². The minimum absolute atomic E-state index is 0.357. The molecule has 4 heteroatoms. The van der Waals surface area contributed by atoms with Gasteiger partial charge >= 0.3 is 0 Å². The van der Waals surface area contributed by atoms with Crippen molar-refractivity contribution in [1.82, 2.24) is 15.3 Å². The van der Waals surface area contributed by atoms with Gasteiger partial charge in [0.05, 0.1) is 12.8 Å². The van der Waals surface area contributed by atoms with E-state index in [1.54, 1.807) is 7.11 Å². The number of rotatable bonds is 6. The van der Waals surface area contributed by atoms with Gasteiger partial charge in [-0.05, 0) is 19.9 Å². The zero-order chi connectivity index (χ0) is 12.8. The summed E-state index contributed by atoms with van der Waals surface area (Å²) in [7, 11) is 1.64. The first-order valence-electron chi connectivity index (χ1n) is 6.25. The van der Waals surface area contributed by atoms with Crippen LogP contribution in [0.5, 0.6) is 5.88 Å². The van der Waals surface area contributed by atoms with Crippen LogP contribution in [0.2, 0.25) is 0 Å². The van der Waals surface area contributed by atoms with Crippen LogP contribution in [-0.2, 0) is 0 Å². The Morgan fingerprint density at radius 2 is 2.06 bits per heavy atom. The van der Waals surface area contributed by atoms with E-state index < -0.39 is 0 Å². The fourth-order valence-corrected chi connectivity index (χ4v) is 2.04. The minimum Gasteiger partial charge on any atom is -0.481 e. The summed E-state index contributed by atoms with van der Waals surface area (Å²) in [5, 5.41) is 3.49. The fraction of sp³-hybridized carbons (Fsp3) is 0.692. The molecule has 0 saturated heterocycles. The molecule has 2 unspecified atom stereocenters. The second-order valence-corrected chi connectivity index (χ2v) is 4.24. The number of aryl methyl sites for hydroxylation is 1. The molecule has 0 aliphatic carbocycles. The van der Waals surface area contributed by atoms with Gasteiger partial charge in [-0.3, -0.25) is 0 Å². The Kier molecular flexibility index (Phi) is 5.35. The molecule has 0 aliphatic rings. The smallest absolute Gasteiger partial charge is 0.216 e. The summed E-state index contributed by atoms with van der Waals surface area (Å²) in [5.41, 5.74) is 1.04. The highest BCUT2D eigenvalue weighted by molar-refractivity contribution is 5.20. The van der Waals surface area contributed by atoms with Crippen LogP contribution in [0.15, 0.2) is 6.07 Å². The van der Waals surface area contributed by atoms with Crippen LogP contribution < -0.4 is 10.1 Å². The molecule has 0 saturated carbocycles. The summed E-state index contributed by atoms with van der Waals surface area (Å²) in [6.07, 6.45) is 1.08. The summed E-state index contributed by atoms with van der Waals surface area (Å²) < 4.78 is 5.19. The highest BCUT2D eigenvalue weighted by atomic mass is 16.5. The second kappa shape index (κ2) is 6.55. The molecule has 0 spiro atoms. The highest BCUT2D eigenvalue weighted by Crippen LogP contribution is 2.22. The van der Waals surface area contributed by atoms with Crippen molar-refractivity contribution in [3.8, 4) is 5.88 Å². The van der Waals surface area contributed by atoms with E-state index in [9.17, 15) is 0 Å². The molecule has 0 radical (unpaired) electrons. The Morgan fingerprint density at radius 3 is 2.59 bits per heavy atom. The van der Waals surface area contributed by atoms with Crippen molar-refractivity contribution in [1.29, 1.82) is 0 Å². The van der Waals surface area contributed by atoms with Crippen molar-refractivity contribution < 1.29 is 4.74 Å². The third kappa shape index (κ3) is 3.66. The van der Waals surface area contributed by atoms with Crippen LogP contribution in [0, 0.1) is 6.92 Å². The van der Waals surface area contributed by atoms with Crippen LogP contribution in [-0.4, -0.2) is 29.7 Å². The van der Waals surface area contributed by atoms with Crippen LogP contribution in [0.4, 0.5) is 0 Å². The third-order valence-electron chi connectivity index (χ3n) is 3.02. The van der Waals surface area contributed by atoms with Gasteiger partial charge in [0.25, 0.3) is 0 Å². The lowest BCUT2D eigenvalue weighted by molar-refractivity contribution is 0.390. The summed E-state index contributed by atoms with van der Waals surface area (Å²) in [5.74, 6) is 1.76. The van der Waals surface area contributed by atoms with Crippen molar-refractivity contribution >= 4 is 0 Å². The molecule has 1 N–H and O–H groups in total. The van der Waals surface area contributed by atoms with Gasteiger partial charge in [0.2, 0.25) is 5.88 Å². The molecule has 17 heavy (non-hydrogen) atoms. The average Bonchev–Trinajstić information content (AvgIpc) is 2.34. The Hall–Kier alpha value is -1.16. The van der Waals surface area contributed by atoms with E-state index in [-0.39, 0.29) is 0 Å². The molecule has 96 valence electrons. The quantitative estimate of drug-likeness (QED) is 0.824. The van der Waals surface area contributed by atoms with Gasteiger partial charge in [0.15, 0.2) is 0 Å². The van der Waals surface area contributed by atoms with Crippen molar-refractivity contribution in [3.63, 3.8) is 0 Å². The lowest BCUT2D eigenvalue weighted by Crippen LogP contribution is -2.33. The maximum Gasteiger partial charge on any atom is 0.216 e. The zero-order valence-corrected chi connectivity index (χ0v) is 11.4. The lowest BCUT2D eigenvalue weighted by atomic mass is 9.95. The molecule has 4 nitrogen and oxygen atoms in total. The monoisotopic (exact) mass is 237 g/mol. The molecule has 0 fully saturated rings. The fourth-order valence-electron chi connectivity index (χ4n) is 2.04. The predicted octanol–water partition coefficient (Wildman–Crippen LogP) is 2.29. The topological polar surface area (TPSA) is 47.0 Å². The maximum absolute atomic E-state index is 5.19. The minimum atomic E-state index is 0.357. The summed E-state index contributed by atoms with van der Waals surface area (Å²) in [6.45, 7) is 9.38. The number of nitrogens with zero attached hydrogens (tertiary/aromatic N) is 2. The van der Waals surface area contributed by atoms with E-state index >= 15 is 0 Å². The normalized spacial score (nSPS) is 14.4. The van der Waals surface area contributed by atoms with E-state index in [0.717, 1.165) is 24.5 Å². The molecule has 0 aliphatic heterocycles. The molecule has 0 aromatic carbocycles. The molecule has 1 aromatic heterocycles. The van der Waals surface area contributed by atoms with Crippen molar-refractivity contribution in [2.45, 2.75) is 46.1 Å². The zero-order valence-electron chi connectivity index (χ0n) is 11.4. The van der Waals surface area contributed by atoms with E-state index in [2.05, 4.69) is 36.1 Å². The Bertz CT molecular complexity index is 355. The van der Waals surface area contributed by atoms with Gasteiger partial charge in [-0.15, -0.1) is 0 Å². The first-order chi connectivity index (χ1) is 8.12. The molecule has 1 heterocycles. The number of nitrogens with one attached hydrogen (secondary N) is 1. The lowest BCUT2D eigenvalue weighted by Gasteiger charge is -2.23. The van der Waals surface area contributed by atoms with Gasteiger partial charge in [-0.25, -0.2) is 4.98 Å². The van der Waals surface area contributed by atoms with E-state index in [1.807, 2.05) is 13.0 Å². The Balaban J connectivity index is 2.93. The molecule has 2 atom stereocenters. The standard InChI is InChI=1S/C13H23N3O/c1-6-11(14-7-2)9(3)12-8-13(17-5)16-10(4)15-12/h8-9,11,14H,6-7H2,1-5H3. The molecule has 0 bridgehead atoms. The van der Waals surface area contributed by atoms with Crippen molar-refractivity contribution in [2.75, 3.05) is 13.7 Å². The highest BCUT2D eigenvalue weighted by Gasteiger charge is 2.18. The van der Waals surface area contributed by atoms with Crippen LogP contribution in [0.25, 0.3) is 0 Å². The van der Waals surface area contributed by atoms with Crippen LogP contribution in [0.3, 0.4) is 0 Å². The van der Waals surface area contributed by atoms with E-state index in [4.69, 9.17) is 4.74 Å². The molecular weight excluding hydrogens is 214 g/mol. The van der Waals surface area contributed by atoms with Gasteiger partial charge in [-0.1, -0.05) is 20.8 Å². The van der Waals surface area contributed by atoms with Gasteiger partial charge in [-0.2, -0.15) is 4.98 Å². The molecule has 1 aromatic rings. The Morgan fingerprint density at radius 1 is 1.35 bits per heavy atom. The number of hydrogen-bond acceptors (Lipinski definition) is 4. The third-order valence-corrected chi connectivity index (χ3v) is 3.02. The van der Waals surface area contributed by atoms with Crippen LogP contribution in [0.1, 0.15) is 44.6 Å². The Labute approximate surface area is 104 Å². The first-order valence-corrected chi connectivity index (χ1v) is 6.25. The van der Waals surface area contributed by atoms with Gasteiger partial charge < -0.3 is 10.1 Å². The molecule has 0 amide bonds. The van der Waals surface area contributed by atoms with Gasteiger partial charge in [0, 0.05) is 18.0 Å². The van der Waals surface area contributed by atoms with Crippen molar-refractivity contribution in [2.24, 2.45) is 0 Å². The summed E-state index contributed by atoms with van der Waals surface area (Å²) >= 11 is 0.